The van der Waals surface area contributed by atoms with Crippen LogP contribution in [0.2, 0.25) is 0 Å². The molecule has 0 N–H and O–H groups in total. The molecular formula is C10H12BrClN2. The SMILES string of the molecule is ClC1CCN(c2ccc(Br)cn2)CC1. The van der Waals surface area contributed by atoms with Crippen LogP contribution in [0, 0.1) is 0 Å². The van der Waals surface area contributed by atoms with Crippen molar-refractivity contribution >= 4 is 33.3 Å². The van der Waals surface area contributed by atoms with E-state index in [-0.39, 0.29) is 0 Å². The van der Waals surface area contributed by atoms with Crippen molar-refractivity contribution in [3.8, 4) is 0 Å². The normalized spacial score (nSPS) is 18.6. The van der Waals surface area contributed by atoms with Gasteiger partial charge in [-0.1, -0.05) is 0 Å². The average Bonchev–Trinajstić information content (AvgIpc) is 2.21. The summed E-state index contributed by atoms with van der Waals surface area (Å²) in [6.07, 6.45) is 3.95. The maximum atomic E-state index is 6.04. The van der Waals surface area contributed by atoms with Crippen LogP contribution in [0.15, 0.2) is 22.8 Å². The van der Waals surface area contributed by atoms with Gasteiger partial charge < -0.3 is 4.90 Å². The minimum atomic E-state index is 0.349. The number of hydrogen-bond acceptors (Lipinski definition) is 2. The summed E-state index contributed by atoms with van der Waals surface area (Å²) in [4.78, 5) is 6.65. The fourth-order valence-electron chi connectivity index (χ4n) is 1.63. The number of halogens is 2. The van der Waals surface area contributed by atoms with Crippen molar-refractivity contribution in [2.75, 3.05) is 18.0 Å². The van der Waals surface area contributed by atoms with E-state index in [9.17, 15) is 0 Å². The molecule has 1 aromatic heterocycles. The van der Waals surface area contributed by atoms with Crippen LogP contribution in [0.25, 0.3) is 0 Å². The molecule has 0 spiro atoms. The Morgan fingerprint density at radius 1 is 1.36 bits per heavy atom. The second-order valence-electron chi connectivity index (χ2n) is 3.50. The van der Waals surface area contributed by atoms with Crippen LogP contribution in [0.5, 0.6) is 0 Å². The van der Waals surface area contributed by atoms with Gasteiger partial charge in [0.15, 0.2) is 0 Å². The standard InChI is InChI=1S/C10H12BrClN2/c11-8-1-2-10(13-7-8)14-5-3-9(12)4-6-14/h1-2,7,9H,3-6H2. The van der Waals surface area contributed by atoms with Gasteiger partial charge in [-0.05, 0) is 40.9 Å². The number of hydrogen-bond donors (Lipinski definition) is 0. The highest BCUT2D eigenvalue weighted by Crippen LogP contribution is 2.21. The second kappa shape index (κ2) is 4.49. The molecule has 0 amide bonds. The molecule has 4 heteroatoms. The molecule has 0 atom stereocenters. The van der Waals surface area contributed by atoms with Gasteiger partial charge in [-0.15, -0.1) is 11.6 Å². The topological polar surface area (TPSA) is 16.1 Å². The van der Waals surface area contributed by atoms with E-state index in [0.29, 0.717) is 5.38 Å². The summed E-state index contributed by atoms with van der Waals surface area (Å²) in [5.41, 5.74) is 0. The van der Waals surface area contributed by atoms with Crippen molar-refractivity contribution in [2.24, 2.45) is 0 Å². The molecule has 2 nitrogen and oxygen atoms in total. The summed E-state index contributed by atoms with van der Waals surface area (Å²) in [7, 11) is 0. The minimum Gasteiger partial charge on any atom is -0.357 e. The van der Waals surface area contributed by atoms with E-state index < -0.39 is 0 Å². The van der Waals surface area contributed by atoms with Crippen LogP contribution in [0.4, 0.5) is 5.82 Å². The van der Waals surface area contributed by atoms with E-state index in [1.54, 1.807) is 0 Å². The molecule has 0 unspecified atom stereocenters. The lowest BCUT2D eigenvalue weighted by atomic mass is 10.1. The first kappa shape index (κ1) is 10.2. The molecule has 0 saturated carbocycles. The molecule has 1 saturated heterocycles. The zero-order valence-electron chi connectivity index (χ0n) is 7.79. The number of anilines is 1. The van der Waals surface area contributed by atoms with Crippen LogP contribution >= 0.6 is 27.5 Å². The number of aromatic nitrogens is 1. The Labute approximate surface area is 97.4 Å². The highest BCUT2D eigenvalue weighted by Gasteiger charge is 2.17. The van der Waals surface area contributed by atoms with E-state index in [1.807, 2.05) is 18.3 Å². The Hall–Kier alpha value is -0.280. The third-order valence-corrected chi connectivity index (χ3v) is 3.37. The van der Waals surface area contributed by atoms with E-state index in [1.165, 1.54) is 0 Å². The molecule has 1 aliphatic heterocycles. The first-order chi connectivity index (χ1) is 6.75. The summed E-state index contributed by atoms with van der Waals surface area (Å²) in [6, 6.07) is 4.06. The molecule has 0 aliphatic carbocycles. The zero-order chi connectivity index (χ0) is 9.97. The highest BCUT2D eigenvalue weighted by molar-refractivity contribution is 9.10. The molecule has 1 aromatic rings. The average molecular weight is 276 g/mol. The molecule has 1 fully saturated rings. The van der Waals surface area contributed by atoms with Gasteiger partial charge in [0.2, 0.25) is 0 Å². The largest absolute Gasteiger partial charge is 0.357 e. The maximum absolute atomic E-state index is 6.04. The number of pyridine rings is 1. The summed E-state index contributed by atoms with van der Waals surface area (Å²) in [6.45, 7) is 2.03. The number of nitrogens with zero attached hydrogens (tertiary/aromatic N) is 2. The quantitative estimate of drug-likeness (QED) is 0.732. The van der Waals surface area contributed by atoms with Gasteiger partial charge in [0, 0.05) is 29.1 Å². The van der Waals surface area contributed by atoms with Crippen LogP contribution in [-0.2, 0) is 0 Å². The van der Waals surface area contributed by atoms with E-state index in [2.05, 4.69) is 25.8 Å². The van der Waals surface area contributed by atoms with Crippen molar-refractivity contribution in [3.63, 3.8) is 0 Å². The highest BCUT2D eigenvalue weighted by atomic mass is 79.9. The predicted molar refractivity (Wildman–Crippen MR) is 63.0 cm³/mol. The third kappa shape index (κ3) is 2.39. The Balaban J connectivity index is 2.05. The lowest BCUT2D eigenvalue weighted by Gasteiger charge is -2.30. The Morgan fingerprint density at radius 3 is 2.64 bits per heavy atom. The summed E-state index contributed by atoms with van der Waals surface area (Å²) in [5.74, 6) is 1.05. The van der Waals surface area contributed by atoms with Gasteiger partial charge in [0.1, 0.15) is 5.82 Å². The molecule has 76 valence electrons. The fourth-order valence-corrected chi connectivity index (χ4v) is 2.06. The number of piperidine rings is 1. The maximum Gasteiger partial charge on any atom is 0.128 e. The van der Waals surface area contributed by atoms with E-state index in [4.69, 9.17) is 11.6 Å². The minimum absolute atomic E-state index is 0.349. The fraction of sp³-hybridized carbons (Fsp3) is 0.500. The monoisotopic (exact) mass is 274 g/mol. The van der Waals surface area contributed by atoms with E-state index >= 15 is 0 Å². The first-order valence-electron chi connectivity index (χ1n) is 4.76. The molecule has 0 bridgehead atoms. The molecule has 0 radical (unpaired) electrons. The van der Waals surface area contributed by atoms with E-state index in [0.717, 1.165) is 36.2 Å². The summed E-state index contributed by atoms with van der Waals surface area (Å²) >= 11 is 9.42. The summed E-state index contributed by atoms with van der Waals surface area (Å²) < 4.78 is 1.02. The van der Waals surface area contributed by atoms with Gasteiger partial charge in [-0.25, -0.2) is 4.98 Å². The Kier molecular flexibility index (Phi) is 3.29. The van der Waals surface area contributed by atoms with Crippen LogP contribution in [0.3, 0.4) is 0 Å². The predicted octanol–water partition coefficient (Wildman–Crippen LogP) is 3.05. The van der Waals surface area contributed by atoms with Crippen LogP contribution < -0.4 is 4.90 Å². The van der Waals surface area contributed by atoms with Crippen molar-refractivity contribution in [1.29, 1.82) is 0 Å². The third-order valence-electron chi connectivity index (χ3n) is 2.46. The van der Waals surface area contributed by atoms with Gasteiger partial charge in [-0.2, -0.15) is 0 Å². The van der Waals surface area contributed by atoms with Crippen molar-refractivity contribution < 1.29 is 0 Å². The van der Waals surface area contributed by atoms with Crippen LogP contribution in [-0.4, -0.2) is 23.5 Å². The lowest BCUT2D eigenvalue weighted by Crippen LogP contribution is -2.34. The molecular weight excluding hydrogens is 263 g/mol. The smallest absolute Gasteiger partial charge is 0.128 e. The van der Waals surface area contributed by atoms with Gasteiger partial charge in [0.05, 0.1) is 0 Å². The Bertz CT molecular complexity index is 293. The van der Waals surface area contributed by atoms with Gasteiger partial charge in [-0.3, -0.25) is 0 Å². The molecule has 2 rings (SSSR count). The molecule has 0 aromatic carbocycles. The van der Waals surface area contributed by atoms with Gasteiger partial charge in [0.25, 0.3) is 0 Å². The molecule has 1 aliphatic rings. The lowest BCUT2D eigenvalue weighted by molar-refractivity contribution is 0.580. The first-order valence-corrected chi connectivity index (χ1v) is 5.99. The Morgan fingerprint density at radius 2 is 2.07 bits per heavy atom. The van der Waals surface area contributed by atoms with Crippen LogP contribution in [0.1, 0.15) is 12.8 Å². The molecule has 2 heterocycles. The van der Waals surface area contributed by atoms with Crippen molar-refractivity contribution in [1.82, 2.24) is 4.98 Å². The summed E-state index contributed by atoms with van der Waals surface area (Å²) in [5, 5.41) is 0.349. The van der Waals surface area contributed by atoms with Crippen molar-refractivity contribution in [3.05, 3.63) is 22.8 Å². The number of rotatable bonds is 1. The van der Waals surface area contributed by atoms with Gasteiger partial charge >= 0.3 is 0 Å². The zero-order valence-corrected chi connectivity index (χ0v) is 10.1. The molecule has 14 heavy (non-hydrogen) atoms. The second-order valence-corrected chi connectivity index (χ2v) is 5.03. The number of alkyl halides is 1. The van der Waals surface area contributed by atoms with Crippen molar-refractivity contribution in [2.45, 2.75) is 18.2 Å².